The van der Waals surface area contributed by atoms with Gasteiger partial charge < -0.3 is 4.74 Å². The first-order chi connectivity index (χ1) is 13.8. The van der Waals surface area contributed by atoms with Gasteiger partial charge in [0, 0.05) is 6.08 Å². The molecule has 0 fully saturated rings. The highest BCUT2D eigenvalue weighted by atomic mass is 16.5. The molecule has 0 spiro atoms. The zero-order valence-corrected chi connectivity index (χ0v) is 17.4. The average Bonchev–Trinajstić information content (AvgIpc) is 2.71. The average molecular weight is 381 g/mol. The van der Waals surface area contributed by atoms with E-state index in [1.165, 1.54) is 63.9 Å². The molecular weight excluding hydrogens is 344 g/mol. The van der Waals surface area contributed by atoms with Gasteiger partial charge in [0.05, 0.1) is 0 Å². The van der Waals surface area contributed by atoms with Crippen LogP contribution in [-0.4, -0.2) is 5.97 Å². The molecule has 0 atom stereocenters. The molecule has 0 aliphatic rings. The molecule has 0 bridgehead atoms. The highest BCUT2D eigenvalue weighted by Crippen LogP contribution is 2.10. The molecular formula is C26H36O2. The maximum absolute atomic E-state index is 11.6. The molecule has 0 saturated heterocycles. The molecule has 1 aromatic carbocycles. The summed E-state index contributed by atoms with van der Waals surface area (Å²) in [5.74, 6) is 0.179. The molecule has 0 amide bonds. The number of carbonyl (C=O) groups excluding carboxylic acids is 1. The number of carbonyl (C=O) groups is 1. The van der Waals surface area contributed by atoms with Crippen LogP contribution in [0.1, 0.15) is 71.1 Å². The molecule has 0 saturated carbocycles. The fraction of sp³-hybridized carbons (Fsp3) is 0.423. The molecule has 1 aromatic rings. The number of unbranched alkanes of at least 4 members (excludes halogenated alkanes) is 9. The minimum Gasteiger partial charge on any atom is -0.423 e. The van der Waals surface area contributed by atoms with Crippen molar-refractivity contribution in [1.29, 1.82) is 0 Å². The van der Waals surface area contributed by atoms with Crippen LogP contribution in [0.2, 0.25) is 0 Å². The van der Waals surface area contributed by atoms with Gasteiger partial charge in [-0.05, 0) is 25.0 Å². The van der Waals surface area contributed by atoms with Crippen LogP contribution in [0.15, 0.2) is 78.9 Å². The molecule has 2 heteroatoms. The van der Waals surface area contributed by atoms with Crippen molar-refractivity contribution >= 4 is 5.97 Å². The van der Waals surface area contributed by atoms with E-state index in [0.29, 0.717) is 5.75 Å². The summed E-state index contributed by atoms with van der Waals surface area (Å²) in [5, 5.41) is 0. The highest BCUT2D eigenvalue weighted by Gasteiger charge is 1.97. The third-order valence-electron chi connectivity index (χ3n) is 4.36. The summed E-state index contributed by atoms with van der Waals surface area (Å²) in [6, 6.07) is 9.06. The van der Waals surface area contributed by atoms with Crippen LogP contribution in [0.4, 0.5) is 0 Å². The van der Waals surface area contributed by atoms with Crippen LogP contribution in [0, 0.1) is 0 Å². The van der Waals surface area contributed by atoms with Gasteiger partial charge in [0.15, 0.2) is 0 Å². The van der Waals surface area contributed by atoms with Gasteiger partial charge in [-0.15, -0.1) is 0 Å². The predicted octanol–water partition coefficient (Wildman–Crippen LogP) is 7.74. The minimum absolute atomic E-state index is 0.374. The Morgan fingerprint density at radius 3 is 2.00 bits per heavy atom. The van der Waals surface area contributed by atoms with E-state index in [1.54, 1.807) is 18.2 Å². The number of esters is 1. The lowest BCUT2D eigenvalue weighted by molar-refractivity contribution is -0.128. The lowest BCUT2D eigenvalue weighted by Gasteiger charge is -2.00. The molecule has 1 rings (SSSR count). The second kappa shape index (κ2) is 18.0. The Labute approximate surface area is 171 Å². The zero-order chi connectivity index (χ0) is 20.1. The summed E-state index contributed by atoms with van der Waals surface area (Å²) in [6.07, 6.45) is 28.6. The Morgan fingerprint density at radius 1 is 0.750 bits per heavy atom. The van der Waals surface area contributed by atoms with E-state index < -0.39 is 0 Å². The SMILES string of the molecule is CCCCCCCCCCC\C=C/C=C/C=C\C=C\C(=O)Oc1ccccc1. The molecule has 28 heavy (non-hydrogen) atoms. The van der Waals surface area contributed by atoms with Crippen LogP contribution in [0.5, 0.6) is 5.75 Å². The largest absolute Gasteiger partial charge is 0.423 e. The first-order valence-electron chi connectivity index (χ1n) is 10.8. The van der Waals surface area contributed by atoms with Crippen molar-refractivity contribution in [1.82, 2.24) is 0 Å². The van der Waals surface area contributed by atoms with Gasteiger partial charge in [-0.25, -0.2) is 4.79 Å². The molecule has 2 nitrogen and oxygen atoms in total. The first kappa shape index (κ1) is 23.7. The molecule has 0 aliphatic heterocycles. The molecule has 0 aliphatic carbocycles. The lowest BCUT2D eigenvalue weighted by Crippen LogP contribution is -2.02. The molecule has 0 heterocycles. The van der Waals surface area contributed by atoms with Gasteiger partial charge in [0.25, 0.3) is 0 Å². The lowest BCUT2D eigenvalue weighted by atomic mass is 10.1. The van der Waals surface area contributed by atoms with Crippen LogP contribution in [0.25, 0.3) is 0 Å². The van der Waals surface area contributed by atoms with E-state index in [9.17, 15) is 4.79 Å². The smallest absolute Gasteiger partial charge is 0.336 e. The van der Waals surface area contributed by atoms with Crippen LogP contribution >= 0.6 is 0 Å². The van der Waals surface area contributed by atoms with Gasteiger partial charge in [-0.3, -0.25) is 0 Å². The Balaban J connectivity index is 1.99. The van der Waals surface area contributed by atoms with Crippen molar-refractivity contribution < 1.29 is 9.53 Å². The fourth-order valence-electron chi connectivity index (χ4n) is 2.78. The number of ether oxygens (including phenoxy) is 1. The third kappa shape index (κ3) is 14.8. The van der Waals surface area contributed by atoms with Crippen molar-refractivity contribution in [2.24, 2.45) is 0 Å². The van der Waals surface area contributed by atoms with Gasteiger partial charge in [-0.1, -0.05) is 119 Å². The monoisotopic (exact) mass is 380 g/mol. The topological polar surface area (TPSA) is 26.3 Å². The maximum atomic E-state index is 11.6. The highest BCUT2D eigenvalue weighted by molar-refractivity contribution is 5.84. The standard InChI is InChI=1S/C26H36O2/c1-2-3-4-5-6-7-8-9-10-11-12-13-14-15-16-17-21-24-26(27)28-25-22-19-18-20-23-25/h12-24H,2-11H2,1H3/b13-12-,15-14+,17-16-,24-21+. The molecule has 0 N–H and O–H groups in total. The van der Waals surface area contributed by atoms with E-state index in [0.717, 1.165) is 6.42 Å². The van der Waals surface area contributed by atoms with Crippen LogP contribution < -0.4 is 4.74 Å². The quantitative estimate of drug-likeness (QED) is 0.102. The predicted molar refractivity (Wildman–Crippen MR) is 120 cm³/mol. The number of hydrogen-bond acceptors (Lipinski definition) is 2. The number of allylic oxidation sites excluding steroid dienone is 7. The molecule has 152 valence electrons. The first-order valence-corrected chi connectivity index (χ1v) is 10.8. The summed E-state index contributed by atoms with van der Waals surface area (Å²) < 4.78 is 5.15. The van der Waals surface area contributed by atoms with Gasteiger partial charge >= 0.3 is 5.97 Å². The molecule has 0 radical (unpaired) electrons. The number of para-hydroxylation sites is 1. The second-order valence-corrected chi connectivity index (χ2v) is 6.91. The van der Waals surface area contributed by atoms with Crippen molar-refractivity contribution in [2.75, 3.05) is 0 Å². The Bertz CT molecular complexity index is 609. The minimum atomic E-state index is -0.374. The van der Waals surface area contributed by atoms with Crippen LogP contribution in [0.3, 0.4) is 0 Å². The van der Waals surface area contributed by atoms with Crippen molar-refractivity contribution in [3.8, 4) is 5.75 Å². The zero-order valence-electron chi connectivity index (χ0n) is 17.4. The number of benzene rings is 1. The normalized spacial score (nSPS) is 12.0. The van der Waals surface area contributed by atoms with Crippen molar-refractivity contribution in [3.05, 3.63) is 78.9 Å². The van der Waals surface area contributed by atoms with Gasteiger partial charge in [0.1, 0.15) is 5.75 Å². The summed E-state index contributed by atoms with van der Waals surface area (Å²) in [5.41, 5.74) is 0. The molecule has 0 aromatic heterocycles. The second-order valence-electron chi connectivity index (χ2n) is 6.91. The van der Waals surface area contributed by atoms with Gasteiger partial charge in [-0.2, -0.15) is 0 Å². The van der Waals surface area contributed by atoms with E-state index in [4.69, 9.17) is 4.74 Å². The Morgan fingerprint density at radius 2 is 1.32 bits per heavy atom. The van der Waals surface area contributed by atoms with Crippen molar-refractivity contribution in [3.63, 3.8) is 0 Å². The summed E-state index contributed by atoms with van der Waals surface area (Å²) in [4.78, 5) is 11.6. The summed E-state index contributed by atoms with van der Waals surface area (Å²) >= 11 is 0. The van der Waals surface area contributed by atoms with E-state index in [-0.39, 0.29) is 5.97 Å². The Hall–Kier alpha value is -2.35. The number of rotatable bonds is 15. The molecule has 0 unspecified atom stereocenters. The fourth-order valence-corrected chi connectivity index (χ4v) is 2.78. The van der Waals surface area contributed by atoms with Crippen molar-refractivity contribution in [2.45, 2.75) is 71.1 Å². The van der Waals surface area contributed by atoms with E-state index in [1.807, 2.05) is 42.5 Å². The van der Waals surface area contributed by atoms with E-state index >= 15 is 0 Å². The van der Waals surface area contributed by atoms with E-state index in [2.05, 4.69) is 19.1 Å². The van der Waals surface area contributed by atoms with Gasteiger partial charge in [0.2, 0.25) is 0 Å². The van der Waals surface area contributed by atoms with Crippen LogP contribution in [-0.2, 0) is 4.79 Å². The number of hydrogen-bond donors (Lipinski definition) is 0. The maximum Gasteiger partial charge on any atom is 0.336 e. The third-order valence-corrected chi connectivity index (χ3v) is 4.36. The summed E-state index contributed by atoms with van der Waals surface area (Å²) in [7, 11) is 0. The Kier molecular flexibility index (Phi) is 15.3. The summed E-state index contributed by atoms with van der Waals surface area (Å²) in [6.45, 7) is 2.27.